The van der Waals surface area contributed by atoms with Crippen LogP contribution in [0.5, 0.6) is 0 Å². The summed E-state index contributed by atoms with van der Waals surface area (Å²) in [5.74, 6) is 0.152. The van der Waals surface area contributed by atoms with Gasteiger partial charge < -0.3 is 14.4 Å². The highest BCUT2D eigenvalue weighted by Gasteiger charge is 2.35. The molecule has 0 aliphatic carbocycles. The van der Waals surface area contributed by atoms with Crippen molar-refractivity contribution in [3.05, 3.63) is 42.3 Å². The Morgan fingerprint density at radius 1 is 1.35 bits per heavy atom. The molecule has 1 N–H and O–H groups in total. The van der Waals surface area contributed by atoms with Gasteiger partial charge in [-0.3, -0.25) is 9.59 Å². The fraction of sp³-hybridized carbons (Fsp3) is 0.421. The molecular weight excluding hydrogens is 352 g/mol. The summed E-state index contributed by atoms with van der Waals surface area (Å²) in [6, 6.07) is 9.40. The van der Waals surface area contributed by atoms with Crippen LogP contribution in [-0.2, 0) is 15.3 Å². The number of amides is 1. The second kappa shape index (κ2) is 8.40. The van der Waals surface area contributed by atoms with E-state index in [1.807, 2.05) is 37.3 Å². The van der Waals surface area contributed by atoms with Crippen LogP contribution in [0.2, 0.25) is 0 Å². The Hall–Kier alpha value is -2.28. The lowest BCUT2D eigenvalue weighted by molar-refractivity contribution is -0.148. The van der Waals surface area contributed by atoms with Crippen LogP contribution in [-0.4, -0.2) is 45.2 Å². The summed E-state index contributed by atoms with van der Waals surface area (Å²) >= 11 is 1.47. The standard InChI is InChI=1S/C19H22N2O4S/c1-13-16(19(23)24)8-5-9-21(13)17(22)12-26-11-15-10-25-18(20-15)14-6-3-2-4-7-14/h2-4,6-7,10,13,16H,5,8-9,11-12H2,1H3,(H,23,24)/t13-,16-/m1/s1. The van der Waals surface area contributed by atoms with Gasteiger partial charge in [0, 0.05) is 23.9 Å². The number of benzene rings is 1. The van der Waals surface area contributed by atoms with Crippen LogP contribution < -0.4 is 0 Å². The van der Waals surface area contributed by atoms with Gasteiger partial charge in [-0.1, -0.05) is 18.2 Å². The molecule has 7 heteroatoms. The fourth-order valence-corrected chi connectivity index (χ4v) is 4.02. The van der Waals surface area contributed by atoms with Crippen LogP contribution in [0.25, 0.3) is 11.5 Å². The minimum Gasteiger partial charge on any atom is -0.481 e. The van der Waals surface area contributed by atoms with Crippen LogP contribution in [0.15, 0.2) is 41.0 Å². The summed E-state index contributed by atoms with van der Waals surface area (Å²) in [5.41, 5.74) is 1.71. The molecule has 1 amide bonds. The van der Waals surface area contributed by atoms with Gasteiger partial charge in [0.05, 0.1) is 17.4 Å². The predicted molar refractivity (Wildman–Crippen MR) is 99.6 cm³/mol. The number of aliphatic carboxylic acids is 1. The van der Waals surface area contributed by atoms with Gasteiger partial charge in [0.15, 0.2) is 0 Å². The number of hydrogen-bond donors (Lipinski definition) is 1. The van der Waals surface area contributed by atoms with E-state index in [4.69, 9.17) is 4.42 Å². The Balaban J connectivity index is 1.51. The van der Waals surface area contributed by atoms with Crippen LogP contribution in [0.1, 0.15) is 25.5 Å². The number of likely N-dealkylation sites (tertiary alicyclic amines) is 1. The van der Waals surface area contributed by atoms with Crippen LogP contribution in [0.3, 0.4) is 0 Å². The average Bonchev–Trinajstić information content (AvgIpc) is 3.11. The number of rotatable bonds is 6. The number of nitrogens with zero attached hydrogens (tertiary/aromatic N) is 2. The molecule has 0 radical (unpaired) electrons. The van der Waals surface area contributed by atoms with Crippen molar-refractivity contribution in [2.45, 2.75) is 31.6 Å². The molecule has 2 aromatic rings. The van der Waals surface area contributed by atoms with Gasteiger partial charge in [-0.25, -0.2) is 4.98 Å². The molecule has 2 atom stereocenters. The van der Waals surface area contributed by atoms with Gasteiger partial charge in [-0.15, -0.1) is 11.8 Å². The Kier molecular flexibility index (Phi) is 5.98. The molecule has 1 aromatic heterocycles. The first-order valence-corrected chi connectivity index (χ1v) is 9.81. The summed E-state index contributed by atoms with van der Waals surface area (Å²) in [6.07, 6.45) is 2.99. The third-order valence-electron chi connectivity index (χ3n) is 4.67. The van der Waals surface area contributed by atoms with Gasteiger partial charge in [-0.05, 0) is 31.9 Å². The molecule has 0 unspecified atom stereocenters. The molecule has 138 valence electrons. The molecule has 1 aromatic carbocycles. The van der Waals surface area contributed by atoms with Crippen molar-refractivity contribution >= 4 is 23.6 Å². The number of carbonyl (C=O) groups is 2. The maximum atomic E-state index is 12.5. The van der Waals surface area contributed by atoms with E-state index in [9.17, 15) is 14.7 Å². The van der Waals surface area contributed by atoms with Gasteiger partial charge in [0.25, 0.3) is 0 Å². The van der Waals surface area contributed by atoms with Crippen molar-refractivity contribution < 1.29 is 19.1 Å². The van der Waals surface area contributed by atoms with E-state index in [1.165, 1.54) is 11.8 Å². The zero-order chi connectivity index (χ0) is 18.5. The Bertz CT molecular complexity index is 762. The molecule has 0 bridgehead atoms. The van der Waals surface area contributed by atoms with Crippen molar-refractivity contribution in [3.8, 4) is 11.5 Å². The first kappa shape index (κ1) is 18.5. The number of carbonyl (C=O) groups excluding carboxylic acids is 1. The fourth-order valence-electron chi connectivity index (χ4n) is 3.24. The van der Waals surface area contributed by atoms with Gasteiger partial charge in [0.1, 0.15) is 6.26 Å². The number of carboxylic acids is 1. The van der Waals surface area contributed by atoms with Gasteiger partial charge in [-0.2, -0.15) is 0 Å². The molecule has 1 aliphatic heterocycles. The maximum absolute atomic E-state index is 12.5. The maximum Gasteiger partial charge on any atom is 0.308 e. The summed E-state index contributed by atoms with van der Waals surface area (Å²) < 4.78 is 5.50. The zero-order valence-electron chi connectivity index (χ0n) is 14.6. The molecule has 26 heavy (non-hydrogen) atoms. The number of carboxylic acid groups (broad SMARTS) is 1. The number of aromatic nitrogens is 1. The topological polar surface area (TPSA) is 83.6 Å². The average molecular weight is 374 g/mol. The van der Waals surface area contributed by atoms with E-state index in [2.05, 4.69) is 4.98 Å². The number of oxazole rings is 1. The van der Waals surface area contributed by atoms with E-state index in [-0.39, 0.29) is 11.9 Å². The zero-order valence-corrected chi connectivity index (χ0v) is 15.4. The van der Waals surface area contributed by atoms with Gasteiger partial charge in [0.2, 0.25) is 11.8 Å². The van der Waals surface area contributed by atoms with Crippen molar-refractivity contribution in [3.63, 3.8) is 0 Å². The van der Waals surface area contributed by atoms with E-state index in [0.29, 0.717) is 30.4 Å². The van der Waals surface area contributed by atoms with E-state index in [0.717, 1.165) is 17.7 Å². The minimum atomic E-state index is -0.821. The smallest absolute Gasteiger partial charge is 0.308 e. The lowest BCUT2D eigenvalue weighted by Crippen LogP contribution is -2.49. The monoisotopic (exact) mass is 374 g/mol. The van der Waals surface area contributed by atoms with Crippen LogP contribution in [0, 0.1) is 5.92 Å². The second-order valence-electron chi connectivity index (χ2n) is 6.42. The SMILES string of the molecule is C[C@@H]1[C@H](C(=O)O)CCCN1C(=O)CSCc1coc(-c2ccccc2)n1. The molecule has 1 aliphatic rings. The molecule has 3 rings (SSSR count). The second-order valence-corrected chi connectivity index (χ2v) is 7.40. The summed E-state index contributed by atoms with van der Waals surface area (Å²) in [6.45, 7) is 2.46. The number of thioether (sulfide) groups is 1. The minimum absolute atomic E-state index is 0.0137. The van der Waals surface area contributed by atoms with E-state index >= 15 is 0 Å². The molecule has 2 heterocycles. The Morgan fingerprint density at radius 3 is 2.85 bits per heavy atom. The molecule has 1 saturated heterocycles. The quantitative estimate of drug-likeness (QED) is 0.835. The highest BCUT2D eigenvalue weighted by molar-refractivity contribution is 7.99. The third kappa shape index (κ3) is 4.27. The summed E-state index contributed by atoms with van der Waals surface area (Å²) in [5, 5.41) is 9.27. The molecule has 0 saturated carbocycles. The van der Waals surface area contributed by atoms with Crippen LogP contribution in [0.4, 0.5) is 0 Å². The van der Waals surface area contributed by atoms with E-state index < -0.39 is 11.9 Å². The number of piperidine rings is 1. The van der Waals surface area contributed by atoms with Crippen molar-refractivity contribution in [2.24, 2.45) is 5.92 Å². The Morgan fingerprint density at radius 2 is 2.12 bits per heavy atom. The molecular formula is C19H22N2O4S. The first-order chi connectivity index (χ1) is 12.6. The first-order valence-electron chi connectivity index (χ1n) is 8.66. The third-order valence-corrected chi connectivity index (χ3v) is 5.62. The van der Waals surface area contributed by atoms with Crippen LogP contribution >= 0.6 is 11.8 Å². The van der Waals surface area contributed by atoms with Gasteiger partial charge >= 0.3 is 5.97 Å². The van der Waals surface area contributed by atoms with Crippen molar-refractivity contribution in [1.29, 1.82) is 0 Å². The largest absolute Gasteiger partial charge is 0.481 e. The lowest BCUT2D eigenvalue weighted by Gasteiger charge is -2.37. The molecule has 6 nitrogen and oxygen atoms in total. The lowest BCUT2D eigenvalue weighted by atomic mass is 9.90. The number of hydrogen-bond acceptors (Lipinski definition) is 5. The highest BCUT2D eigenvalue weighted by atomic mass is 32.2. The predicted octanol–water partition coefficient (Wildman–Crippen LogP) is 3.29. The summed E-state index contributed by atoms with van der Waals surface area (Å²) in [7, 11) is 0. The molecule has 0 spiro atoms. The summed E-state index contributed by atoms with van der Waals surface area (Å²) in [4.78, 5) is 29.9. The molecule has 1 fully saturated rings. The van der Waals surface area contributed by atoms with Crippen molar-refractivity contribution in [2.75, 3.05) is 12.3 Å². The van der Waals surface area contributed by atoms with E-state index in [1.54, 1.807) is 11.2 Å². The van der Waals surface area contributed by atoms with Crippen molar-refractivity contribution in [1.82, 2.24) is 9.88 Å². The highest BCUT2D eigenvalue weighted by Crippen LogP contribution is 2.25. The Labute approximate surface area is 156 Å². The normalized spacial score (nSPS) is 20.1.